The zero-order chi connectivity index (χ0) is 16.1. The van der Waals surface area contributed by atoms with Crippen LogP contribution in [0.15, 0.2) is 29.2 Å². The van der Waals surface area contributed by atoms with Crippen LogP contribution in [0, 0.1) is 5.41 Å². The van der Waals surface area contributed by atoms with Gasteiger partial charge in [0.05, 0.1) is 4.90 Å². The van der Waals surface area contributed by atoms with Crippen molar-refractivity contribution in [1.29, 1.82) is 0 Å². The third-order valence-corrected chi connectivity index (χ3v) is 5.61. The molecule has 0 aliphatic carbocycles. The number of rotatable bonds is 7. The van der Waals surface area contributed by atoms with Gasteiger partial charge in [-0.05, 0) is 31.0 Å². The number of halogens is 1. The molecule has 0 bridgehead atoms. The molecule has 0 heterocycles. The van der Waals surface area contributed by atoms with E-state index in [0.29, 0.717) is 18.0 Å². The number of hydrogen-bond donors (Lipinski definition) is 1. The van der Waals surface area contributed by atoms with Crippen LogP contribution in [0.1, 0.15) is 37.0 Å². The molecular weight excluding hydrogens is 310 g/mol. The van der Waals surface area contributed by atoms with Crippen LogP contribution in [0.4, 0.5) is 0 Å². The van der Waals surface area contributed by atoms with Crippen molar-refractivity contribution in [1.82, 2.24) is 5.32 Å². The van der Waals surface area contributed by atoms with Crippen molar-refractivity contribution < 1.29 is 13.2 Å². The predicted molar refractivity (Wildman–Crippen MR) is 85.6 cm³/mol. The summed E-state index contributed by atoms with van der Waals surface area (Å²) >= 11 is 6.01. The number of sulfone groups is 1. The molecule has 1 aromatic rings. The van der Waals surface area contributed by atoms with Gasteiger partial charge in [-0.1, -0.05) is 19.9 Å². The number of hydrogen-bond acceptors (Lipinski definition) is 3. The molecule has 1 rings (SSSR count). The van der Waals surface area contributed by atoms with Gasteiger partial charge in [0.1, 0.15) is 0 Å². The predicted octanol–water partition coefficient (Wildman–Crippen LogP) is 2.87. The van der Waals surface area contributed by atoms with E-state index in [1.54, 1.807) is 12.1 Å². The first kappa shape index (κ1) is 18.0. The molecule has 0 aromatic heterocycles. The van der Waals surface area contributed by atoms with Gasteiger partial charge >= 0.3 is 0 Å². The quantitative estimate of drug-likeness (QED) is 0.781. The molecule has 0 unspecified atom stereocenters. The number of amides is 1. The Kier molecular flexibility index (Phi) is 6.23. The normalized spacial score (nSPS) is 12.2. The Labute approximate surface area is 131 Å². The smallest absolute Gasteiger partial charge is 0.251 e. The third-order valence-electron chi connectivity index (χ3n) is 3.93. The van der Waals surface area contributed by atoms with Gasteiger partial charge in [0.2, 0.25) is 0 Å². The molecule has 0 aliphatic rings. The Morgan fingerprint density at radius 1 is 1.29 bits per heavy atom. The number of alkyl halides is 1. The zero-order valence-electron chi connectivity index (χ0n) is 12.6. The van der Waals surface area contributed by atoms with Crippen LogP contribution in [0.5, 0.6) is 0 Å². The van der Waals surface area contributed by atoms with Crippen LogP contribution >= 0.6 is 11.6 Å². The summed E-state index contributed by atoms with van der Waals surface area (Å²) in [6.07, 6.45) is 2.87. The Morgan fingerprint density at radius 2 is 1.90 bits per heavy atom. The van der Waals surface area contributed by atoms with Crippen LogP contribution in [0.2, 0.25) is 0 Å². The topological polar surface area (TPSA) is 63.2 Å². The summed E-state index contributed by atoms with van der Waals surface area (Å²) in [5, 5.41) is 2.85. The molecule has 21 heavy (non-hydrogen) atoms. The lowest BCUT2D eigenvalue weighted by Crippen LogP contribution is -2.38. The molecule has 6 heteroatoms. The van der Waals surface area contributed by atoms with Crippen molar-refractivity contribution >= 4 is 27.3 Å². The Hall–Kier alpha value is -1.07. The summed E-state index contributed by atoms with van der Waals surface area (Å²) in [6, 6.07) is 6.04. The average Bonchev–Trinajstić information content (AvgIpc) is 2.48. The Morgan fingerprint density at radius 3 is 2.38 bits per heavy atom. The fourth-order valence-corrected chi connectivity index (χ4v) is 3.11. The van der Waals surface area contributed by atoms with Crippen molar-refractivity contribution in [3.63, 3.8) is 0 Å². The summed E-state index contributed by atoms with van der Waals surface area (Å²) in [7, 11) is -3.32. The second-order valence-electron chi connectivity index (χ2n) is 5.32. The summed E-state index contributed by atoms with van der Waals surface area (Å²) in [4.78, 5) is 12.3. The standard InChI is InChI=1S/C15H22ClNO3S/c1-4-15(5-2,10-16)11-17-14(18)12-7-6-8-13(9-12)21(3,19)20/h6-9H,4-5,10-11H2,1-3H3,(H,17,18). The maximum absolute atomic E-state index is 12.2. The molecule has 1 amide bonds. The number of carbonyl (C=O) groups is 1. The minimum Gasteiger partial charge on any atom is -0.351 e. The van der Waals surface area contributed by atoms with Gasteiger partial charge in [-0.3, -0.25) is 4.79 Å². The Bertz CT molecular complexity index is 586. The van der Waals surface area contributed by atoms with Crippen LogP contribution in [-0.4, -0.2) is 33.0 Å². The minimum atomic E-state index is -3.32. The zero-order valence-corrected chi connectivity index (χ0v) is 14.2. The number of benzene rings is 1. The van der Waals surface area contributed by atoms with Gasteiger partial charge in [-0.2, -0.15) is 0 Å². The summed E-state index contributed by atoms with van der Waals surface area (Å²) < 4.78 is 23.0. The lowest BCUT2D eigenvalue weighted by atomic mass is 9.84. The molecule has 0 saturated heterocycles. The second kappa shape index (κ2) is 7.27. The molecule has 0 saturated carbocycles. The van der Waals surface area contributed by atoms with E-state index >= 15 is 0 Å². The largest absolute Gasteiger partial charge is 0.351 e. The first-order valence-corrected chi connectivity index (χ1v) is 9.35. The first-order chi connectivity index (χ1) is 9.78. The van der Waals surface area contributed by atoms with Crippen LogP contribution < -0.4 is 5.32 Å². The first-order valence-electron chi connectivity index (χ1n) is 6.92. The number of carbonyl (C=O) groups excluding carboxylic acids is 1. The maximum Gasteiger partial charge on any atom is 0.251 e. The van der Waals surface area contributed by atoms with E-state index in [9.17, 15) is 13.2 Å². The van der Waals surface area contributed by atoms with Gasteiger partial charge in [-0.25, -0.2) is 8.42 Å². The van der Waals surface area contributed by atoms with Gasteiger partial charge in [0.15, 0.2) is 9.84 Å². The average molecular weight is 332 g/mol. The van der Waals surface area contributed by atoms with Crippen molar-refractivity contribution in [2.45, 2.75) is 31.6 Å². The van der Waals surface area contributed by atoms with Crippen molar-refractivity contribution in [2.24, 2.45) is 5.41 Å². The molecular formula is C15H22ClNO3S. The molecule has 1 N–H and O–H groups in total. The number of nitrogens with one attached hydrogen (secondary N) is 1. The molecule has 0 fully saturated rings. The van der Waals surface area contributed by atoms with Gasteiger partial charge in [0.25, 0.3) is 5.91 Å². The molecule has 1 aromatic carbocycles. The lowest BCUT2D eigenvalue weighted by Gasteiger charge is -2.29. The lowest BCUT2D eigenvalue weighted by molar-refractivity contribution is 0.0931. The molecule has 118 valence electrons. The fraction of sp³-hybridized carbons (Fsp3) is 0.533. The van der Waals surface area contributed by atoms with Gasteiger partial charge < -0.3 is 5.32 Å². The molecule has 0 radical (unpaired) electrons. The fourth-order valence-electron chi connectivity index (χ4n) is 1.97. The van der Waals surface area contributed by atoms with E-state index in [4.69, 9.17) is 11.6 Å². The van der Waals surface area contributed by atoms with E-state index in [1.165, 1.54) is 12.1 Å². The summed E-state index contributed by atoms with van der Waals surface area (Å²) in [5.74, 6) is 0.195. The van der Waals surface area contributed by atoms with Crippen molar-refractivity contribution in [2.75, 3.05) is 18.7 Å². The highest BCUT2D eigenvalue weighted by molar-refractivity contribution is 7.90. The van der Waals surface area contributed by atoms with Crippen LogP contribution in [0.3, 0.4) is 0 Å². The highest BCUT2D eigenvalue weighted by Gasteiger charge is 2.26. The molecule has 0 atom stereocenters. The highest BCUT2D eigenvalue weighted by atomic mass is 35.5. The minimum absolute atomic E-state index is 0.119. The molecule has 4 nitrogen and oxygen atoms in total. The van der Waals surface area contributed by atoms with Crippen molar-refractivity contribution in [3.05, 3.63) is 29.8 Å². The third kappa shape index (κ3) is 4.71. The van der Waals surface area contributed by atoms with Gasteiger partial charge in [0, 0.05) is 29.7 Å². The molecule has 0 spiro atoms. The monoisotopic (exact) mass is 331 g/mol. The van der Waals surface area contributed by atoms with E-state index in [2.05, 4.69) is 5.32 Å². The van der Waals surface area contributed by atoms with E-state index < -0.39 is 9.84 Å². The SMILES string of the molecule is CCC(CC)(CCl)CNC(=O)c1cccc(S(C)(=O)=O)c1. The summed E-state index contributed by atoms with van der Waals surface area (Å²) in [5.41, 5.74) is 0.222. The summed E-state index contributed by atoms with van der Waals surface area (Å²) in [6.45, 7) is 4.57. The van der Waals surface area contributed by atoms with E-state index in [0.717, 1.165) is 19.1 Å². The van der Waals surface area contributed by atoms with Gasteiger partial charge in [-0.15, -0.1) is 11.6 Å². The van der Waals surface area contributed by atoms with Crippen molar-refractivity contribution in [3.8, 4) is 0 Å². The van der Waals surface area contributed by atoms with Crippen LogP contribution in [-0.2, 0) is 9.84 Å². The molecule has 0 aliphatic heterocycles. The second-order valence-corrected chi connectivity index (χ2v) is 7.61. The van der Waals surface area contributed by atoms with E-state index in [-0.39, 0.29) is 16.2 Å². The maximum atomic E-state index is 12.2. The van der Waals surface area contributed by atoms with E-state index in [1.807, 2.05) is 13.8 Å². The Balaban J connectivity index is 2.86. The van der Waals surface area contributed by atoms with Crippen LogP contribution in [0.25, 0.3) is 0 Å². The highest BCUT2D eigenvalue weighted by Crippen LogP contribution is 2.27.